The first kappa shape index (κ1) is 25.5. The van der Waals surface area contributed by atoms with Crippen LogP contribution in [0.3, 0.4) is 0 Å². The number of amidine groups is 1. The highest BCUT2D eigenvalue weighted by Gasteiger charge is 2.20. The Hall–Kier alpha value is -5.11. The number of imidazole rings is 1. The third kappa shape index (κ3) is 5.45. The number of para-hydroxylation sites is 1. The number of nitrogens with zero attached hydrogens (tertiary/aromatic N) is 3. The van der Waals surface area contributed by atoms with Gasteiger partial charge in [-0.3, -0.25) is 4.57 Å². The van der Waals surface area contributed by atoms with Gasteiger partial charge in [-0.05, 0) is 41.3 Å². The topological polar surface area (TPSA) is 112 Å². The van der Waals surface area contributed by atoms with Crippen LogP contribution in [0.4, 0.5) is 0 Å². The van der Waals surface area contributed by atoms with Gasteiger partial charge in [0.25, 0.3) is 6.01 Å². The lowest BCUT2D eigenvalue weighted by Gasteiger charge is -2.13. The van der Waals surface area contributed by atoms with Crippen LogP contribution in [0.5, 0.6) is 6.01 Å². The van der Waals surface area contributed by atoms with E-state index in [-0.39, 0.29) is 12.4 Å². The van der Waals surface area contributed by atoms with Crippen molar-refractivity contribution < 1.29 is 19.5 Å². The van der Waals surface area contributed by atoms with E-state index in [9.17, 15) is 4.79 Å². The number of fused-ring (bicyclic) bond motifs is 1. The molecule has 1 aromatic heterocycles. The Morgan fingerprint density at radius 3 is 2.36 bits per heavy atom. The highest BCUT2D eigenvalue weighted by atomic mass is 16.5. The number of carbonyl (C=O) groups is 1. The van der Waals surface area contributed by atoms with Crippen LogP contribution in [0.1, 0.15) is 34.0 Å². The highest BCUT2D eigenvalue weighted by Crippen LogP contribution is 2.29. The first-order valence-electron chi connectivity index (χ1n) is 12.6. The van der Waals surface area contributed by atoms with Crippen molar-refractivity contribution >= 4 is 22.8 Å². The maximum atomic E-state index is 13.2. The minimum Gasteiger partial charge on any atom is -0.465 e. The average Bonchev–Trinajstić information content (AvgIpc) is 3.33. The molecule has 0 saturated heterocycles. The summed E-state index contributed by atoms with van der Waals surface area (Å²) in [6.07, 6.45) is 0. The van der Waals surface area contributed by atoms with E-state index in [0.717, 1.165) is 22.3 Å². The van der Waals surface area contributed by atoms with Gasteiger partial charge in [0, 0.05) is 5.56 Å². The lowest BCUT2D eigenvalue weighted by Crippen LogP contribution is -2.14. The molecule has 0 saturated carbocycles. The molecule has 8 nitrogen and oxygen atoms in total. The number of oxime groups is 1. The van der Waals surface area contributed by atoms with Crippen molar-refractivity contribution in [2.24, 2.45) is 10.9 Å². The van der Waals surface area contributed by atoms with Crippen LogP contribution < -0.4 is 10.5 Å². The van der Waals surface area contributed by atoms with Gasteiger partial charge in [-0.1, -0.05) is 90.1 Å². The number of esters is 1. The van der Waals surface area contributed by atoms with E-state index in [2.05, 4.69) is 10.1 Å². The summed E-state index contributed by atoms with van der Waals surface area (Å²) in [5.74, 6) is -0.378. The molecule has 39 heavy (non-hydrogen) atoms. The summed E-state index contributed by atoms with van der Waals surface area (Å²) in [4.78, 5) is 17.8. The van der Waals surface area contributed by atoms with E-state index >= 15 is 0 Å². The summed E-state index contributed by atoms with van der Waals surface area (Å²) < 4.78 is 13.4. The number of carbonyl (C=O) groups excluding carboxylic acids is 1. The molecule has 0 unspecified atom stereocenters. The minimum atomic E-state index is -0.427. The van der Waals surface area contributed by atoms with Crippen LogP contribution in [-0.4, -0.2) is 33.2 Å². The van der Waals surface area contributed by atoms with E-state index in [1.54, 1.807) is 12.1 Å². The van der Waals surface area contributed by atoms with Gasteiger partial charge in [-0.15, -0.1) is 0 Å². The normalized spacial score (nSPS) is 11.5. The van der Waals surface area contributed by atoms with Crippen LogP contribution in [0, 0.1) is 0 Å². The predicted molar refractivity (Wildman–Crippen MR) is 150 cm³/mol. The van der Waals surface area contributed by atoms with Crippen molar-refractivity contribution in [2.45, 2.75) is 20.1 Å². The summed E-state index contributed by atoms with van der Waals surface area (Å²) >= 11 is 0. The van der Waals surface area contributed by atoms with E-state index < -0.39 is 5.97 Å². The molecule has 0 aliphatic heterocycles. The second kappa shape index (κ2) is 11.5. The Bertz CT molecular complexity index is 1630. The van der Waals surface area contributed by atoms with Crippen LogP contribution in [0.2, 0.25) is 0 Å². The van der Waals surface area contributed by atoms with E-state index in [1.807, 2.05) is 96.4 Å². The summed E-state index contributed by atoms with van der Waals surface area (Å²) in [6, 6.07) is 30.8. The van der Waals surface area contributed by atoms with Gasteiger partial charge in [0.05, 0.1) is 29.7 Å². The first-order valence-corrected chi connectivity index (χ1v) is 12.6. The molecule has 1 heterocycles. The Balaban J connectivity index is 1.47. The number of hydrogen-bond acceptors (Lipinski definition) is 6. The number of rotatable bonds is 9. The Kier molecular flexibility index (Phi) is 7.54. The van der Waals surface area contributed by atoms with Crippen molar-refractivity contribution in [1.29, 1.82) is 0 Å². The molecule has 0 radical (unpaired) electrons. The molecule has 3 N–H and O–H groups in total. The SMILES string of the molecule is CCOc1nc2cccc(C(=O)OCc3ccccc3)c2n1Cc1ccc(-c2ccccc2/C(N)=N/O)cc1. The van der Waals surface area contributed by atoms with Crippen molar-refractivity contribution in [3.8, 4) is 17.1 Å². The molecule has 0 aliphatic rings. The number of aromatic nitrogens is 2. The van der Waals surface area contributed by atoms with E-state index in [0.29, 0.717) is 41.3 Å². The number of benzene rings is 4. The Morgan fingerprint density at radius 2 is 1.62 bits per heavy atom. The number of hydrogen-bond donors (Lipinski definition) is 2. The number of ether oxygens (including phenoxy) is 2. The fourth-order valence-electron chi connectivity index (χ4n) is 4.50. The quantitative estimate of drug-likeness (QED) is 0.0860. The Labute approximate surface area is 225 Å². The predicted octanol–water partition coefficient (Wildman–Crippen LogP) is 5.60. The zero-order chi connectivity index (χ0) is 27.2. The smallest absolute Gasteiger partial charge is 0.340 e. The monoisotopic (exact) mass is 520 g/mol. The average molecular weight is 521 g/mol. The molecule has 0 atom stereocenters. The van der Waals surface area contributed by atoms with Crippen molar-refractivity contribution in [3.05, 3.63) is 119 Å². The molecule has 8 heteroatoms. The van der Waals surface area contributed by atoms with Gasteiger partial charge in [0.2, 0.25) is 0 Å². The van der Waals surface area contributed by atoms with Crippen molar-refractivity contribution in [1.82, 2.24) is 9.55 Å². The summed E-state index contributed by atoms with van der Waals surface area (Å²) in [7, 11) is 0. The zero-order valence-electron chi connectivity index (χ0n) is 21.4. The fraction of sp³-hybridized carbons (Fsp3) is 0.129. The van der Waals surface area contributed by atoms with E-state index in [1.165, 1.54) is 0 Å². The lowest BCUT2D eigenvalue weighted by atomic mass is 9.98. The minimum absolute atomic E-state index is 0.0487. The lowest BCUT2D eigenvalue weighted by molar-refractivity contribution is 0.0474. The van der Waals surface area contributed by atoms with Gasteiger partial charge in [0.15, 0.2) is 5.84 Å². The third-order valence-corrected chi connectivity index (χ3v) is 6.35. The molecule has 0 spiro atoms. The largest absolute Gasteiger partial charge is 0.465 e. The number of nitrogens with two attached hydrogens (primary N) is 1. The van der Waals surface area contributed by atoms with Gasteiger partial charge in [-0.2, -0.15) is 4.98 Å². The molecule has 0 aliphatic carbocycles. The molecule has 196 valence electrons. The highest BCUT2D eigenvalue weighted by molar-refractivity contribution is 6.03. The first-order chi connectivity index (χ1) is 19.1. The zero-order valence-corrected chi connectivity index (χ0v) is 21.4. The molecule has 4 aromatic carbocycles. The van der Waals surface area contributed by atoms with Crippen molar-refractivity contribution in [2.75, 3.05) is 6.61 Å². The molecule has 0 amide bonds. The van der Waals surface area contributed by atoms with Gasteiger partial charge in [0.1, 0.15) is 6.61 Å². The molecule has 0 bridgehead atoms. The molecular weight excluding hydrogens is 492 g/mol. The summed E-state index contributed by atoms with van der Waals surface area (Å²) in [5, 5.41) is 12.3. The fourth-order valence-corrected chi connectivity index (χ4v) is 4.50. The van der Waals surface area contributed by atoms with Gasteiger partial charge in [-0.25, -0.2) is 4.79 Å². The molecular formula is C31H28N4O4. The molecule has 5 aromatic rings. The summed E-state index contributed by atoms with van der Waals surface area (Å²) in [6.45, 7) is 2.93. The Morgan fingerprint density at radius 1 is 0.897 bits per heavy atom. The standard InChI is InChI=1S/C31H28N4O4/c1-2-38-31-33-27-14-8-13-26(30(36)39-20-22-9-4-3-5-10-22)28(27)35(31)19-21-15-17-23(18-16-21)24-11-6-7-12-25(24)29(32)34-37/h3-18,37H,2,19-20H2,1H3,(H2,32,34). The third-order valence-electron chi connectivity index (χ3n) is 6.35. The maximum Gasteiger partial charge on any atom is 0.340 e. The second-order valence-corrected chi connectivity index (χ2v) is 8.88. The van der Waals surface area contributed by atoms with Crippen LogP contribution in [-0.2, 0) is 17.9 Å². The summed E-state index contributed by atoms with van der Waals surface area (Å²) in [5.41, 5.74) is 11.9. The van der Waals surface area contributed by atoms with Crippen molar-refractivity contribution in [3.63, 3.8) is 0 Å². The van der Waals surface area contributed by atoms with Crippen LogP contribution in [0.15, 0.2) is 102 Å². The second-order valence-electron chi connectivity index (χ2n) is 8.88. The van der Waals surface area contributed by atoms with Crippen LogP contribution in [0.25, 0.3) is 22.2 Å². The van der Waals surface area contributed by atoms with Gasteiger partial charge >= 0.3 is 5.97 Å². The van der Waals surface area contributed by atoms with Crippen LogP contribution >= 0.6 is 0 Å². The maximum absolute atomic E-state index is 13.2. The molecule has 0 fully saturated rings. The van der Waals surface area contributed by atoms with E-state index in [4.69, 9.17) is 20.4 Å². The molecule has 5 rings (SSSR count). The van der Waals surface area contributed by atoms with Gasteiger partial charge < -0.3 is 20.4 Å².